The van der Waals surface area contributed by atoms with Crippen LogP contribution in [0.3, 0.4) is 0 Å². The smallest absolute Gasteiger partial charge is 0.335 e. The van der Waals surface area contributed by atoms with E-state index in [0.29, 0.717) is 11.5 Å². The summed E-state index contributed by atoms with van der Waals surface area (Å²) in [5.41, 5.74) is 4.08. The topological polar surface area (TPSA) is 66.4 Å². The Labute approximate surface area is 154 Å². The van der Waals surface area contributed by atoms with E-state index in [9.17, 15) is 9.59 Å². The second kappa shape index (κ2) is 5.97. The van der Waals surface area contributed by atoms with E-state index >= 15 is 0 Å². The van der Waals surface area contributed by atoms with Crippen molar-refractivity contribution < 1.29 is 14.7 Å². The molecule has 4 nitrogen and oxygen atoms in total. The zero-order chi connectivity index (χ0) is 19.3. The molecule has 0 radical (unpaired) electrons. The lowest BCUT2D eigenvalue weighted by atomic mass is 9.71. The van der Waals surface area contributed by atoms with Gasteiger partial charge in [0, 0.05) is 11.3 Å². The highest BCUT2D eigenvalue weighted by atomic mass is 16.4. The zero-order valence-corrected chi connectivity index (χ0v) is 15.9. The second-order valence-corrected chi connectivity index (χ2v) is 8.26. The zero-order valence-electron chi connectivity index (χ0n) is 15.9. The predicted molar refractivity (Wildman–Crippen MR) is 103 cm³/mol. The summed E-state index contributed by atoms with van der Waals surface area (Å²) in [6.45, 7) is 11.3. The van der Waals surface area contributed by atoms with Gasteiger partial charge in [-0.05, 0) is 64.3 Å². The fourth-order valence-corrected chi connectivity index (χ4v) is 4.05. The van der Waals surface area contributed by atoms with E-state index in [1.165, 1.54) is 35.4 Å². The summed E-state index contributed by atoms with van der Waals surface area (Å²) in [6.07, 6.45) is 0. The van der Waals surface area contributed by atoms with Crippen LogP contribution in [0, 0.1) is 5.92 Å². The molecule has 0 bridgehead atoms. The maximum atomic E-state index is 12.5. The Bertz CT molecular complexity index is 879. The number of carboxylic acids is 1. The summed E-state index contributed by atoms with van der Waals surface area (Å²) >= 11 is 0. The Morgan fingerprint density at radius 3 is 2.00 bits per heavy atom. The first kappa shape index (κ1) is 18.2. The number of carbonyl (C=O) groups excluding carboxylic acids is 1. The molecule has 0 heterocycles. The minimum absolute atomic E-state index is 0.0305. The van der Waals surface area contributed by atoms with Crippen LogP contribution in [0.4, 0.5) is 5.69 Å². The van der Waals surface area contributed by atoms with E-state index in [0.717, 1.165) is 5.69 Å². The first-order valence-corrected chi connectivity index (χ1v) is 8.85. The number of fused-ring (bicyclic) bond motifs is 1. The van der Waals surface area contributed by atoms with Gasteiger partial charge in [-0.1, -0.05) is 40.7 Å². The van der Waals surface area contributed by atoms with Gasteiger partial charge < -0.3 is 10.4 Å². The summed E-state index contributed by atoms with van der Waals surface area (Å²) in [5, 5.41) is 11.9. The number of carboxylic acid groups (broad SMARTS) is 1. The minimum atomic E-state index is -1.01. The van der Waals surface area contributed by atoms with E-state index in [1.807, 2.05) is 6.07 Å². The Hall–Kier alpha value is -2.62. The van der Waals surface area contributed by atoms with E-state index in [-0.39, 0.29) is 22.3 Å². The number of hydrogen-bond donors (Lipinski definition) is 2. The highest BCUT2D eigenvalue weighted by molar-refractivity contribution is 6.04. The predicted octanol–water partition coefficient (Wildman–Crippen LogP) is 4.84. The molecule has 26 heavy (non-hydrogen) atoms. The van der Waals surface area contributed by atoms with Gasteiger partial charge in [-0.3, -0.25) is 4.79 Å². The molecule has 0 fully saturated rings. The Morgan fingerprint density at radius 1 is 0.885 bits per heavy atom. The average molecular weight is 351 g/mol. The van der Waals surface area contributed by atoms with Gasteiger partial charge in [-0.25, -0.2) is 4.79 Å². The first-order valence-electron chi connectivity index (χ1n) is 8.85. The van der Waals surface area contributed by atoms with Crippen molar-refractivity contribution in [2.45, 2.75) is 45.4 Å². The van der Waals surface area contributed by atoms with Crippen LogP contribution in [0.2, 0.25) is 0 Å². The fourth-order valence-electron chi connectivity index (χ4n) is 4.05. The van der Waals surface area contributed by atoms with Crippen molar-refractivity contribution in [1.29, 1.82) is 0 Å². The number of benzene rings is 2. The van der Waals surface area contributed by atoms with Gasteiger partial charge in [0.15, 0.2) is 0 Å². The van der Waals surface area contributed by atoms with Crippen molar-refractivity contribution in [3.05, 3.63) is 64.7 Å². The normalized spacial score (nSPS) is 19.7. The third kappa shape index (κ3) is 2.79. The minimum Gasteiger partial charge on any atom is -0.478 e. The average Bonchev–Trinajstić information content (AvgIpc) is 2.73. The maximum Gasteiger partial charge on any atom is 0.335 e. The summed E-state index contributed by atoms with van der Waals surface area (Å²) in [4.78, 5) is 23.4. The number of nitrogens with one attached hydrogen (secondary N) is 1. The molecule has 0 saturated carbocycles. The monoisotopic (exact) mass is 351 g/mol. The quantitative estimate of drug-likeness (QED) is 0.831. The highest BCUT2D eigenvalue weighted by Crippen LogP contribution is 2.53. The lowest BCUT2D eigenvalue weighted by molar-refractivity contribution is 0.0696. The molecule has 2 N–H and O–H groups in total. The van der Waals surface area contributed by atoms with E-state index in [4.69, 9.17) is 5.11 Å². The number of hydrogen-bond acceptors (Lipinski definition) is 2. The SMILES string of the molecule is CC1C(C)(C)c2ccc(NC(=O)c3ccc(C(=O)O)cc3)cc2C1(C)C. The van der Waals surface area contributed by atoms with Crippen LogP contribution in [0.1, 0.15) is 66.5 Å². The number of amides is 1. The molecule has 3 rings (SSSR count). The number of rotatable bonds is 3. The van der Waals surface area contributed by atoms with Crippen molar-refractivity contribution in [3.8, 4) is 0 Å². The van der Waals surface area contributed by atoms with Gasteiger partial charge in [0.25, 0.3) is 5.91 Å². The molecule has 136 valence electrons. The Balaban J connectivity index is 1.87. The molecule has 0 aromatic heterocycles. The summed E-state index contributed by atoms with van der Waals surface area (Å²) in [7, 11) is 0. The van der Waals surface area contributed by atoms with Crippen molar-refractivity contribution in [3.63, 3.8) is 0 Å². The molecule has 2 aromatic carbocycles. The standard InChI is InChI=1S/C22H25NO3/c1-13-21(2,3)17-11-10-16(12-18(17)22(13,4)5)23-19(24)14-6-8-15(9-7-14)20(25)26/h6-13H,1-5H3,(H,23,24)(H,25,26). The molecule has 1 unspecified atom stereocenters. The molecule has 4 heteroatoms. The van der Waals surface area contributed by atoms with E-state index in [1.54, 1.807) is 0 Å². The van der Waals surface area contributed by atoms with Gasteiger partial charge >= 0.3 is 5.97 Å². The molecule has 0 saturated heterocycles. The Morgan fingerprint density at radius 2 is 1.42 bits per heavy atom. The second-order valence-electron chi connectivity index (χ2n) is 8.26. The summed E-state index contributed by atoms with van der Waals surface area (Å²) in [5.74, 6) is -0.765. The number of anilines is 1. The molecule has 0 spiro atoms. The summed E-state index contributed by atoms with van der Waals surface area (Å²) < 4.78 is 0. The van der Waals surface area contributed by atoms with Crippen LogP contribution in [-0.2, 0) is 10.8 Å². The fraction of sp³-hybridized carbons (Fsp3) is 0.364. The third-order valence-electron chi connectivity index (χ3n) is 6.22. The molecular weight excluding hydrogens is 326 g/mol. The summed E-state index contributed by atoms with van der Waals surface area (Å²) in [6, 6.07) is 12.1. The van der Waals surface area contributed by atoms with Crippen LogP contribution < -0.4 is 5.32 Å². The first-order chi connectivity index (χ1) is 12.0. The van der Waals surface area contributed by atoms with Crippen LogP contribution in [0.15, 0.2) is 42.5 Å². The molecule has 0 aliphatic heterocycles. The molecule has 1 atom stereocenters. The maximum absolute atomic E-state index is 12.5. The van der Waals surface area contributed by atoms with Crippen molar-refractivity contribution in [1.82, 2.24) is 0 Å². The van der Waals surface area contributed by atoms with Crippen LogP contribution in [-0.4, -0.2) is 17.0 Å². The van der Waals surface area contributed by atoms with Gasteiger partial charge in [-0.15, -0.1) is 0 Å². The van der Waals surface area contributed by atoms with Crippen LogP contribution in [0.5, 0.6) is 0 Å². The molecular formula is C22H25NO3. The van der Waals surface area contributed by atoms with Crippen molar-refractivity contribution in [2.24, 2.45) is 5.92 Å². The molecule has 1 amide bonds. The molecule has 2 aromatic rings. The lowest BCUT2D eigenvalue weighted by Crippen LogP contribution is -2.30. The van der Waals surface area contributed by atoms with Gasteiger partial charge in [0.05, 0.1) is 5.56 Å². The van der Waals surface area contributed by atoms with Crippen LogP contribution >= 0.6 is 0 Å². The van der Waals surface area contributed by atoms with Gasteiger partial charge in [0.2, 0.25) is 0 Å². The molecule has 1 aliphatic rings. The lowest BCUT2D eigenvalue weighted by Gasteiger charge is -2.32. The van der Waals surface area contributed by atoms with Crippen molar-refractivity contribution in [2.75, 3.05) is 5.32 Å². The highest BCUT2D eigenvalue weighted by Gasteiger charge is 2.48. The van der Waals surface area contributed by atoms with Crippen LogP contribution in [0.25, 0.3) is 0 Å². The number of carbonyl (C=O) groups is 2. The van der Waals surface area contributed by atoms with E-state index < -0.39 is 5.97 Å². The van der Waals surface area contributed by atoms with Crippen molar-refractivity contribution >= 4 is 17.6 Å². The van der Waals surface area contributed by atoms with Gasteiger partial charge in [0.1, 0.15) is 0 Å². The Kier molecular flexibility index (Phi) is 4.18. The number of aromatic carboxylic acids is 1. The molecule has 1 aliphatic carbocycles. The third-order valence-corrected chi connectivity index (χ3v) is 6.22. The van der Waals surface area contributed by atoms with Gasteiger partial charge in [-0.2, -0.15) is 0 Å². The van der Waals surface area contributed by atoms with E-state index in [2.05, 4.69) is 52.1 Å². The largest absolute Gasteiger partial charge is 0.478 e.